The highest BCUT2D eigenvalue weighted by Gasteiger charge is 2.26. The van der Waals surface area contributed by atoms with E-state index in [4.69, 9.17) is 0 Å². The summed E-state index contributed by atoms with van der Waals surface area (Å²) in [4.78, 5) is 0. The Morgan fingerprint density at radius 3 is 1.81 bits per heavy atom. The summed E-state index contributed by atoms with van der Waals surface area (Å²) in [6.45, 7) is 0. The van der Waals surface area contributed by atoms with E-state index in [0.717, 1.165) is 10.6 Å². The number of rotatable bonds is 4. The van der Waals surface area contributed by atoms with Gasteiger partial charge in [0.15, 0.2) is 0 Å². The third kappa shape index (κ3) is 3.16. The molecule has 0 bridgehead atoms. The van der Waals surface area contributed by atoms with Gasteiger partial charge in [-0.2, -0.15) is 0 Å². The molecule has 108 valence electrons. The smallest absolute Gasteiger partial charge is 0.247 e. The van der Waals surface area contributed by atoms with Crippen LogP contribution < -0.4 is 10.6 Å². The molecule has 2 aromatic rings. The Labute approximate surface area is 126 Å². The van der Waals surface area contributed by atoms with Gasteiger partial charge in [0.1, 0.15) is 0 Å². The van der Waals surface area contributed by atoms with E-state index >= 15 is 0 Å². The maximum atomic E-state index is 13.6. The highest BCUT2D eigenvalue weighted by Crippen LogP contribution is 2.45. The summed E-state index contributed by atoms with van der Waals surface area (Å²) in [6, 6.07) is 19.3. The Kier molecular flexibility index (Phi) is 4.36. The second kappa shape index (κ2) is 6.41. The molecular weight excluding hydrogens is 277 g/mol. The van der Waals surface area contributed by atoms with Gasteiger partial charge in [-0.25, -0.2) is 4.76 Å². The SMILES string of the molecule is O=P(/N=C/C1CCCC1)(c1ccccc1)c1ccccc1. The molecule has 0 radical (unpaired) electrons. The first-order chi connectivity index (χ1) is 10.3. The lowest BCUT2D eigenvalue weighted by atomic mass is 10.1. The fourth-order valence-electron chi connectivity index (χ4n) is 2.84. The van der Waals surface area contributed by atoms with E-state index < -0.39 is 7.29 Å². The molecule has 0 aromatic heterocycles. The van der Waals surface area contributed by atoms with Crippen LogP contribution in [0.4, 0.5) is 0 Å². The maximum absolute atomic E-state index is 13.6. The van der Waals surface area contributed by atoms with Crippen molar-refractivity contribution < 1.29 is 4.57 Å². The summed E-state index contributed by atoms with van der Waals surface area (Å²) in [5, 5.41) is 1.62. The molecule has 1 aliphatic carbocycles. The molecule has 3 heteroatoms. The summed E-state index contributed by atoms with van der Waals surface area (Å²) < 4.78 is 18.2. The predicted octanol–water partition coefficient (Wildman–Crippen LogP) is 4.18. The van der Waals surface area contributed by atoms with Gasteiger partial charge in [-0.15, -0.1) is 0 Å². The number of hydrogen-bond acceptors (Lipinski definition) is 1. The van der Waals surface area contributed by atoms with E-state index in [1.165, 1.54) is 25.7 Å². The summed E-state index contributed by atoms with van der Waals surface area (Å²) in [7, 11) is -2.91. The van der Waals surface area contributed by atoms with Crippen molar-refractivity contribution in [1.29, 1.82) is 0 Å². The van der Waals surface area contributed by atoms with E-state index in [-0.39, 0.29) is 0 Å². The van der Waals surface area contributed by atoms with Crippen molar-refractivity contribution in [3.8, 4) is 0 Å². The molecule has 0 atom stereocenters. The molecule has 0 N–H and O–H groups in total. The molecule has 1 aliphatic rings. The molecule has 2 nitrogen and oxygen atoms in total. The lowest BCUT2D eigenvalue weighted by Crippen LogP contribution is -2.14. The average molecular weight is 297 g/mol. The highest BCUT2D eigenvalue weighted by molar-refractivity contribution is 7.77. The van der Waals surface area contributed by atoms with Gasteiger partial charge in [-0.3, -0.25) is 4.57 Å². The normalized spacial score (nSPS) is 16.6. The number of nitrogens with zero attached hydrogens (tertiary/aromatic N) is 1. The summed E-state index contributed by atoms with van der Waals surface area (Å²) in [5.74, 6) is 0.491. The lowest BCUT2D eigenvalue weighted by molar-refractivity contribution is 0.588. The van der Waals surface area contributed by atoms with E-state index in [1.54, 1.807) is 0 Å². The lowest BCUT2D eigenvalue weighted by Gasteiger charge is -2.15. The summed E-state index contributed by atoms with van der Waals surface area (Å²) in [6.07, 6.45) is 6.82. The molecule has 0 unspecified atom stereocenters. The molecular formula is C18H20NOP. The second-order valence-electron chi connectivity index (χ2n) is 5.56. The van der Waals surface area contributed by atoms with Crippen LogP contribution in [-0.4, -0.2) is 6.21 Å². The Morgan fingerprint density at radius 2 is 1.33 bits per heavy atom. The first-order valence-electron chi connectivity index (χ1n) is 7.56. The summed E-state index contributed by atoms with van der Waals surface area (Å²) >= 11 is 0. The molecule has 21 heavy (non-hydrogen) atoms. The fourth-order valence-corrected chi connectivity index (χ4v) is 4.93. The third-order valence-corrected chi connectivity index (χ3v) is 6.51. The molecule has 0 amide bonds. The van der Waals surface area contributed by atoms with Gasteiger partial charge in [-0.05, 0) is 43.0 Å². The fraction of sp³-hybridized carbons (Fsp3) is 0.278. The maximum Gasteiger partial charge on any atom is 0.247 e. The molecule has 0 heterocycles. The monoisotopic (exact) mass is 297 g/mol. The van der Waals surface area contributed by atoms with E-state index in [2.05, 4.69) is 4.76 Å². The van der Waals surface area contributed by atoms with Crippen molar-refractivity contribution in [2.24, 2.45) is 10.7 Å². The minimum absolute atomic E-state index is 0.491. The van der Waals surface area contributed by atoms with Crippen LogP contribution in [0.2, 0.25) is 0 Å². The standard InChI is InChI=1S/C18H20NOP/c20-21(17-11-3-1-4-12-17,18-13-5-2-6-14-18)19-15-16-9-7-8-10-16/h1-6,11-16H,7-10H2/b19-15+. The van der Waals surface area contributed by atoms with Gasteiger partial charge < -0.3 is 0 Å². The van der Waals surface area contributed by atoms with Gasteiger partial charge in [-0.1, -0.05) is 49.2 Å². The molecule has 0 spiro atoms. The van der Waals surface area contributed by atoms with Crippen LogP contribution >= 0.6 is 7.29 Å². The van der Waals surface area contributed by atoms with E-state index in [1.807, 2.05) is 66.9 Å². The van der Waals surface area contributed by atoms with Crippen molar-refractivity contribution in [3.63, 3.8) is 0 Å². The van der Waals surface area contributed by atoms with Crippen LogP contribution in [-0.2, 0) is 4.57 Å². The van der Waals surface area contributed by atoms with Crippen molar-refractivity contribution in [2.45, 2.75) is 25.7 Å². The quantitative estimate of drug-likeness (QED) is 0.615. The predicted molar refractivity (Wildman–Crippen MR) is 90.2 cm³/mol. The van der Waals surface area contributed by atoms with E-state index in [9.17, 15) is 4.57 Å². The van der Waals surface area contributed by atoms with Crippen LogP contribution in [0.3, 0.4) is 0 Å². The van der Waals surface area contributed by atoms with Crippen LogP contribution in [0.15, 0.2) is 65.4 Å². The Bertz CT molecular complexity index is 602. The van der Waals surface area contributed by atoms with Crippen LogP contribution in [0.1, 0.15) is 25.7 Å². The largest absolute Gasteiger partial charge is 0.288 e. The molecule has 3 rings (SSSR count). The van der Waals surface area contributed by atoms with Gasteiger partial charge in [0.05, 0.1) is 0 Å². The zero-order valence-corrected chi connectivity index (χ0v) is 13.0. The van der Waals surface area contributed by atoms with Crippen LogP contribution in [0.25, 0.3) is 0 Å². The molecule has 2 aromatic carbocycles. The highest BCUT2D eigenvalue weighted by atomic mass is 31.2. The van der Waals surface area contributed by atoms with Crippen LogP contribution in [0, 0.1) is 5.92 Å². The third-order valence-electron chi connectivity index (χ3n) is 4.05. The Morgan fingerprint density at radius 1 is 0.857 bits per heavy atom. The van der Waals surface area contributed by atoms with Crippen molar-refractivity contribution in [1.82, 2.24) is 0 Å². The average Bonchev–Trinajstić information content (AvgIpc) is 3.08. The first-order valence-corrected chi connectivity index (χ1v) is 9.22. The molecule has 1 saturated carbocycles. The second-order valence-corrected chi connectivity index (χ2v) is 7.97. The zero-order chi connectivity index (χ0) is 14.5. The van der Waals surface area contributed by atoms with E-state index in [0.29, 0.717) is 5.92 Å². The first kappa shape index (κ1) is 14.3. The minimum Gasteiger partial charge on any atom is -0.288 e. The zero-order valence-electron chi connectivity index (χ0n) is 12.1. The van der Waals surface area contributed by atoms with Gasteiger partial charge >= 0.3 is 0 Å². The van der Waals surface area contributed by atoms with Gasteiger partial charge in [0.2, 0.25) is 7.29 Å². The number of benzene rings is 2. The number of hydrogen-bond donors (Lipinski definition) is 0. The molecule has 1 fully saturated rings. The van der Waals surface area contributed by atoms with Crippen LogP contribution in [0.5, 0.6) is 0 Å². The minimum atomic E-state index is -2.91. The van der Waals surface area contributed by atoms with Gasteiger partial charge in [0, 0.05) is 16.8 Å². The van der Waals surface area contributed by atoms with Crippen molar-refractivity contribution in [2.75, 3.05) is 0 Å². The summed E-state index contributed by atoms with van der Waals surface area (Å²) in [5.41, 5.74) is 0. The van der Waals surface area contributed by atoms with Crippen molar-refractivity contribution >= 4 is 24.1 Å². The van der Waals surface area contributed by atoms with Gasteiger partial charge in [0.25, 0.3) is 0 Å². The van der Waals surface area contributed by atoms with Crippen molar-refractivity contribution in [3.05, 3.63) is 60.7 Å². The topological polar surface area (TPSA) is 29.4 Å². The Balaban J connectivity index is 2.01. The molecule has 0 aliphatic heterocycles. The Hall–Kier alpha value is -1.66. The molecule has 0 saturated heterocycles.